The van der Waals surface area contributed by atoms with E-state index in [4.69, 9.17) is 0 Å². The summed E-state index contributed by atoms with van der Waals surface area (Å²) < 4.78 is 0. The molecular formula is C33H44IrNO2-. The Morgan fingerprint density at radius 1 is 0.811 bits per heavy atom. The molecule has 0 saturated heterocycles. The van der Waals surface area contributed by atoms with Gasteiger partial charge in [0.05, 0.1) is 17.7 Å². The first-order valence-electron chi connectivity index (χ1n) is 14.1. The zero-order chi connectivity index (χ0) is 25.7. The summed E-state index contributed by atoms with van der Waals surface area (Å²) >= 11 is 0. The molecule has 1 aromatic heterocycles. The number of fused-ring (bicyclic) bond motifs is 2. The molecule has 2 aliphatic carbocycles. The van der Waals surface area contributed by atoms with E-state index in [1.54, 1.807) is 0 Å². The van der Waals surface area contributed by atoms with Crippen molar-refractivity contribution in [1.82, 2.24) is 4.98 Å². The fourth-order valence-corrected chi connectivity index (χ4v) is 6.63. The summed E-state index contributed by atoms with van der Waals surface area (Å²) in [7, 11) is 0. The molecule has 2 aliphatic rings. The van der Waals surface area contributed by atoms with Gasteiger partial charge in [-0.2, -0.15) is 0 Å². The Bertz CT molecular complexity index is 1060. The predicted molar refractivity (Wildman–Crippen MR) is 149 cm³/mol. The van der Waals surface area contributed by atoms with Crippen LogP contribution in [0.25, 0.3) is 22.2 Å². The number of benzene rings is 2. The number of aliphatic hydroxyl groups is 2. The van der Waals surface area contributed by atoms with Crippen molar-refractivity contribution < 1.29 is 30.3 Å². The van der Waals surface area contributed by atoms with Gasteiger partial charge < -0.3 is 10.2 Å². The molecule has 5 rings (SSSR count). The Hall–Kier alpha value is -1.58. The number of aromatic nitrogens is 1. The molecule has 0 aliphatic heterocycles. The van der Waals surface area contributed by atoms with Crippen LogP contribution >= 0.6 is 0 Å². The normalized spacial score (nSPS) is 28.7. The van der Waals surface area contributed by atoms with Crippen LogP contribution in [-0.4, -0.2) is 27.4 Å². The van der Waals surface area contributed by atoms with Crippen molar-refractivity contribution in [1.29, 1.82) is 0 Å². The quantitative estimate of drug-likeness (QED) is 0.274. The minimum absolute atomic E-state index is 0. The van der Waals surface area contributed by atoms with Gasteiger partial charge in [-0.05, 0) is 72.4 Å². The number of rotatable bonds is 5. The zero-order valence-corrected chi connectivity index (χ0v) is 25.2. The van der Waals surface area contributed by atoms with E-state index in [9.17, 15) is 10.2 Å². The largest absolute Gasteiger partial charge is 0.392 e. The van der Waals surface area contributed by atoms with Crippen molar-refractivity contribution in [3.8, 4) is 11.3 Å². The van der Waals surface area contributed by atoms with Crippen LogP contribution in [0.15, 0.2) is 60.7 Å². The number of hydrogen-bond donors (Lipinski definition) is 2. The predicted octanol–water partition coefficient (Wildman–Crippen LogP) is 7.55. The van der Waals surface area contributed by atoms with E-state index in [2.05, 4.69) is 50.9 Å². The third kappa shape index (κ3) is 6.90. The Balaban J connectivity index is 0.000000204. The molecule has 3 aromatic rings. The first-order chi connectivity index (χ1) is 17.4. The molecule has 1 radical (unpaired) electrons. The van der Waals surface area contributed by atoms with Gasteiger partial charge in [0.25, 0.3) is 0 Å². The number of hydrogen-bond acceptors (Lipinski definition) is 3. The fraction of sp³-hybridized carbons (Fsp3) is 0.545. The summed E-state index contributed by atoms with van der Waals surface area (Å²) in [5.74, 6) is 2.62. The van der Waals surface area contributed by atoms with Gasteiger partial charge in [-0.15, -0.1) is 35.9 Å². The second kappa shape index (κ2) is 14.0. The SMILES string of the molecule is CCC(C)[C@H]1CCC2CC[C@@H](C(C)CC)C(O)C2C1O.[Ir].[c-]1ccccc1-c1ccc2ccccc2n1. The molecule has 0 amide bonds. The fourth-order valence-electron chi connectivity index (χ4n) is 6.63. The molecule has 2 N–H and O–H groups in total. The van der Waals surface area contributed by atoms with Crippen molar-refractivity contribution in [2.24, 2.45) is 35.5 Å². The minimum Gasteiger partial charge on any atom is -0.392 e. The molecule has 4 heteroatoms. The third-order valence-corrected chi connectivity index (χ3v) is 9.29. The maximum atomic E-state index is 10.8. The molecule has 1 heterocycles. The summed E-state index contributed by atoms with van der Waals surface area (Å²) in [6.45, 7) is 8.94. The number of para-hydroxylation sites is 1. The Morgan fingerprint density at radius 3 is 1.97 bits per heavy atom. The summed E-state index contributed by atoms with van der Waals surface area (Å²) in [4.78, 5) is 4.61. The van der Waals surface area contributed by atoms with Crippen LogP contribution in [0.4, 0.5) is 0 Å². The monoisotopic (exact) mass is 679 g/mol. The van der Waals surface area contributed by atoms with E-state index in [1.165, 1.54) is 18.2 Å². The van der Waals surface area contributed by atoms with Crippen LogP contribution in [0.3, 0.4) is 0 Å². The van der Waals surface area contributed by atoms with Gasteiger partial charge >= 0.3 is 0 Å². The maximum Gasteiger partial charge on any atom is 0.0626 e. The van der Waals surface area contributed by atoms with Crippen molar-refractivity contribution in [2.45, 2.75) is 78.4 Å². The van der Waals surface area contributed by atoms with E-state index in [0.717, 1.165) is 42.5 Å². The van der Waals surface area contributed by atoms with Gasteiger partial charge in [0.15, 0.2) is 0 Å². The standard InChI is InChI=1S/C18H34O2.C15H10N.Ir/c1-5-11(3)14-9-7-13-8-10-15(12(4)6-2)18(20)16(13)17(14)19;1-2-6-12(7-3-1)15-11-10-13-8-4-5-9-14(13)16-15;/h11-20H,5-10H2,1-4H3;1-6,8-11H;/q;-1;/t11?,12?,13?,14-,15+,16?,17?,18?;;. The zero-order valence-electron chi connectivity index (χ0n) is 22.8. The Morgan fingerprint density at radius 2 is 1.41 bits per heavy atom. The molecule has 8 atom stereocenters. The molecule has 0 spiro atoms. The van der Waals surface area contributed by atoms with E-state index in [0.29, 0.717) is 29.6 Å². The first-order valence-corrected chi connectivity index (χ1v) is 14.1. The molecule has 3 nitrogen and oxygen atoms in total. The second-order valence-corrected chi connectivity index (χ2v) is 11.2. The molecule has 2 fully saturated rings. The van der Waals surface area contributed by atoms with Crippen LogP contribution in [-0.2, 0) is 20.1 Å². The van der Waals surface area contributed by atoms with Crippen LogP contribution in [0, 0.1) is 41.6 Å². The van der Waals surface area contributed by atoms with E-state index >= 15 is 0 Å². The Kier molecular flexibility index (Phi) is 11.3. The molecule has 6 unspecified atom stereocenters. The molecule has 37 heavy (non-hydrogen) atoms. The summed E-state index contributed by atoms with van der Waals surface area (Å²) in [6.07, 6.45) is 6.41. The van der Waals surface area contributed by atoms with Gasteiger partial charge in [0, 0.05) is 26.0 Å². The second-order valence-electron chi connectivity index (χ2n) is 11.2. The molecule has 2 aromatic carbocycles. The topological polar surface area (TPSA) is 53.4 Å². The van der Waals surface area contributed by atoms with Gasteiger partial charge in [-0.3, -0.25) is 4.98 Å². The maximum absolute atomic E-state index is 10.8. The molecule has 0 bridgehead atoms. The van der Waals surface area contributed by atoms with Gasteiger partial charge in [-0.25, -0.2) is 0 Å². The molecule has 2 saturated carbocycles. The Labute approximate surface area is 237 Å². The average molecular weight is 679 g/mol. The van der Waals surface area contributed by atoms with Crippen molar-refractivity contribution in [3.63, 3.8) is 0 Å². The van der Waals surface area contributed by atoms with Crippen LogP contribution < -0.4 is 0 Å². The van der Waals surface area contributed by atoms with Gasteiger partial charge in [0.1, 0.15) is 0 Å². The summed E-state index contributed by atoms with van der Waals surface area (Å²) in [5.41, 5.74) is 3.03. The van der Waals surface area contributed by atoms with Crippen LogP contribution in [0.1, 0.15) is 66.2 Å². The number of nitrogens with zero attached hydrogens (tertiary/aromatic N) is 1. The van der Waals surface area contributed by atoms with Crippen molar-refractivity contribution >= 4 is 10.9 Å². The van der Waals surface area contributed by atoms with E-state index < -0.39 is 0 Å². The first kappa shape index (κ1) is 30.0. The van der Waals surface area contributed by atoms with Crippen LogP contribution in [0.2, 0.25) is 0 Å². The van der Waals surface area contributed by atoms with Crippen molar-refractivity contribution in [3.05, 3.63) is 66.7 Å². The van der Waals surface area contributed by atoms with E-state index in [1.807, 2.05) is 48.5 Å². The number of pyridine rings is 1. The molecular weight excluding hydrogens is 635 g/mol. The molecule has 203 valence electrons. The smallest absolute Gasteiger partial charge is 0.0626 e. The summed E-state index contributed by atoms with van der Waals surface area (Å²) in [5, 5.41) is 22.9. The number of aliphatic hydroxyl groups excluding tert-OH is 2. The van der Waals surface area contributed by atoms with Crippen LogP contribution in [0.5, 0.6) is 0 Å². The average Bonchev–Trinajstić information content (AvgIpc) is 2.93. The van der Waals surface area contributed by atoms with Gasteiger partial charge in [-0.1, -0.05) is 70.9 Å². The van der Waals surface area contributed by atoms with E-state index in [-0.39, 0.29) is 38.2 Å². The summed E-state index contributed by atoms with van der Waals surface area (Å²) in [6, 6.07) is 23.4. The minimum atomic E-state index is -0.287. The van der Waals surface area contributed by atoms with Crippen molar-refractivity contribution in [2.75, 3.05) is 0 Å². The third-order valence-electron chi connectivity index (χ3n) is 9.29. The van der Waals surface area contributed by atoms with Gasteiger partial charge in [0.2, 0.25) is 0 Å².